The Morgan fingerprint density at radius 3 is 2.50 bits per heavy atom. The van der Waals surface area contributed by atoms with E-state index in [0.717, 1.165) is 17.7 Å². The monoisotopic (exact) mass is 335 g/mol. The van der Waals surface area contributed by atoms with E-state index >= 15 is 0 Å². The van der Waals surface area contributed by atoms with Gasteiger partial charge in [-0.05, 0) is 34.9 Å². The highest BCUT2D eigenvalue weighted by Crippen LogP contribution is 2.27. The largest absolute Gasteiger partial charge is 0.496 e. The Balaban J connectivity index is 1.93. The first-order chi connectivity index (χ1) is 11.7. The van der Waals surface area contributed by atoms with Crippen LogP contribution in [0.3, 0.4) is 0 Å². The maximum atomic E-state index is 5.65. The van der Waals surface area contributed by atoms with Gasteiger partial charge in [0.2, 0.25) is 0 Å². The third kappa shape index (κ3) is 3.26. The molecule has 0 heterocycles. The second kappa shape index (κ2) is 7.45. The smallest absolute Gasteiger partial charge is 0.129 e. The molecule has 0 aliphatic heterocycles. The van der Waals surface area contributed by atoms with Crippen molar-refractivity contribution in [1.82, 2.24) is 5.32 Å². The molecule has 3 aromatic rings. The molecule has 3 heteroatoms. The average molecular weight is 335 g/mol. The summed E-state index contributed by atoms with van der Waals surface area (Å²) >= 11 is 5.65. The SMILES string of the molecule is CCC(NC(=S)c1ccccc1OC)c1cccc2ccccc12. The van der Waals surface area contributed by atoms with Crippen LogP contribution in [0.2, 0.25) is 0 Å². The number of fused-ring (bicyclic) bond motifs is 1. The summed E-state index contributed by atoms with van der Waals surface area (Å²) in [6.45, 7) is 2.17. The van der Waals surface area contributed by atoms with Gasteiger partial charge in [-0.2, -0.15) is 0 Å². The van der Waals surface area contributed by atoms with Gasteiger partial charge in [0.05, 0.1) is 18.7 Å². The Kier molecular flexibility index (Phi) is 5.11. The van der Waals surface area contributed by atoms with E-state index in [0.29, 0.717) is 4.99 Å². The van der Waals surface area contributed by atoms with Gasteiger partial charge in [-0.1, -0.05) is 73.7 Å². The van der Waals surface area contributed by atoms with Crippen LogP contribution in [0, 0.1) is 0 Å². The number of hydrogen-bond acceptors (Lipinski definition) is 2. The summed E-state index contributed by atoms with van der Waals surface area (Å²) < 4.78 is 5.43. The minimum Gasteiger partial charge on any atom is -0.496 e. The highest BCUT2D eigenvalue weighted by molar-refractivity contribution is 7.80. The van der Waals surface area contributed by atoms with Crippen LogP contribution in [-0.4, -0.2) is 12.1 Å². The number of nitrogens with one attached hydrogen (secondary N) is 1. The molecule has 3 rings (SSSR count). The molecule has 1 unspecified atom stereocenters. The topological polar surface area (TPSA) is 21.3 Å². The van der Waals surface area contributed by atoms with E-state index in [4.69, 9.17) is 17.0 Å². The standard InChI is InChI=1S/C21H21NOS/c1-3-19(17-13-8-10-15-9-4-5-11-16(15)17)22-21(24)18-12-6-7-14-20(18)23-2/h4-14,19H,3H2,1-2H3,(H,22,24). The van der Waals surface area contributed by atoms with E-state index in [1.807, 2.05) is 24.3 Å². The van der Waals surface area contributed by atoms with Gasteiger partial charge < -0.3 is 10.1 Å². The predicted octanol–water partition coefficient (Wildman–Crippen LogP) is 5.26. The molecule has 24 heavy (non-hydrogen) atoms. The molecule has 3 aromatic carbocycles. The van der Waals surface area contributed by atoms with Crippen molar-refractivity contribution < 1.29 is 4.74 Å². The van der Waals surface area contributed by atoms with Crippen LogP contribution in [0.4, 0.5) is 0 Å². The van der Waals surface area contributed by atoms with E-state index < -0.39 is 0 Å². The van der Waals surface area contributed by atoms with Gasteiger partial charge in [-0.25, -0.2) is 0 Å². The lowest BCUT2D eigenvalue weighted by Crippen LogP contribution is -2.27. The number of ether oxygens (including phenoxy) is 1. The molecule has 0 amide bonds. The van der Waals surface area contributed by atoms with Crippen molar-refractivity contribution in [1.29, 1.82) is 0 Å². The zero-order chi connectivity index (χ0) is 16.9. The molecule has 2 nitrogen and oxygen atoms in total. The van der Waals surface area contributed by atoms with Crippen molar-refractivity contribution in [2.24, 2.45) is 0 Å². The van der Waals surface area contributed by atoms with Crippen molar-refractivity contribution in [3.05, 3.63) is 77.9 Å². The van der Waals surface area contributed by atoms with Gasteiger partial charge in [0, 0.05) is 0 Å². The van der Waals surface area contributed by atoms with Crippen molar-refractivity contribution in [3.8, 4) is 5.75 Å². The van der Waals surface area contributed by atoms with Crippen LogP contribution in [0.25, 0.3) is 10.8 Å². The van der Waals surface area contributed by atoms with Crippen molar-refractivity contribution in [3.63, 3.8) is 0 Å². The molecular formula is C21H21NOS. The van der Waals surface area contributed by atoms with Crippen LogP contribution in [0.1, 0.15) is 30.5 Å². The first kappa shape index (κ1) is 16.5. The molecule has 0 aromatic heterocycles. The Morgan fingerprint density at radius 1 is 1.00 bits per heavy atom. The lowest BCUT2D eigenvalue weighted by molar-refractivity contribution is 0.413. The second-order valence-electron chi connectivity index (χ2n) is 5.70. The number of para-hydroxylation sites is 1. The molecular weight excluding hydrogens is 314 g/mol. The molecule has 1 atom stereocenters. The van der Waals surface area contributed by atoms with Gasteiger partial charge in [0.1, 0.15) is 10.7 Å². The maximum Gasteiger partial charge on any atom is 0.129 e. The molecule has 0 fully saturated rings. The van der Waals surface area contributed by atoms with E-state index in [1.165, 1.54) is 16.3 Å². The first-order valence-electron chi connectivity index (χ1n) is 8.16. The molecule has 0 radical (unpaired) electrons. The highest BCUT2D eigenvalue weighted by Gasteiger charge is 2.16. The molecule has 0 aliphatic carbocycles. The summed E-state index contributed by atoms with van der Waals surface area (Å²) in [7, 11) is 1.67. The van der Waals surface area contributed by atoms with Crippen LogP contribution in [0.15, 0.2) is 66.7 Å². The lowest BCUT2D eigenvalue weighted by atomic mass is 9.97. The molecule has 0 saturated heterocycles. The fourth-order valence-electron chi connectivity index (χ4n) is 3.02. The fourth-order valence-corrected chi connectivity index (χ4v) is 3.33. The fraction of sp³-hybridized carbons (Fsp3) is 0.190. The zero-order valence-corrected chi connectivity index (χ0v) is 14.8. The van der Waals surface area contributed by atoms with Crippen LogP contribution in [-0.2, 0) is 0 Å². The third-order valence-electron chi connectivity index (χ3n) is 4.26. The molecule has 0 bridgehead atoms. The Morgan fingerprint density at radius 2 is 1.71 bits per heavy atom. The number of methoxy groups -OCH3 is 1. The van der Waals surface area contributed by atoms with Gasteiger partial charge in [0.25, 0.3) is 0 Å². The van der Waals surface area contributed by atoms with Crippen molar-refractivity contribution in [2.45, 2.75) is 19.4 Å². The van der Waals surface area contributed by atoms with Crippen LogP contribution < -0.4 is 10.1 Å². The molecule has 0 spiro atoms. The third-order valence-corrected chi connectivity index (χ3v) is 4.60. The van der Waals surface area contributed by atoms with E-state index in [2.05, 4.69) is 54.7 Å². The predicted molar refractivity (Wildman–Crippen MR) is 105 cm³/mol. The normalized spacial score (nSPS) is 11.9. The molecule has 0 saturated carbocycles. The summed E-state index contributed by atoms with van der Waals surface area (Å²) in [4.78, 5) is 0.715. The Hall–Kier alpha value is -2.39. The van der Waals surface area contributed by atoms with Gasteiger partial charge in [-0.3, -0.25) is 0 Å². The summed E-state index contributed by atoms with van der Waals surface area (Å²) in [5, 5.41) is 6.03. The quantitative estimate of drug-likeness (QED) is 0.642. The van der Waals surface area contributed by atoms with E-state index in [9.17, 15) is 0 Å². The minimum atomic E-state index is 0.161. The summed E-state index contributed by atoms with van der Waals surface area (Å²) in [5.41, 5.74) is 2.20. The average Bonchev–Trinajstić information content (AvgIpc) is 2.65. The Bertz CT molecular complexity index is 854. The Labute approximate surface area is 148 Å². The first-order valence-corrected chi connectivity index (χ1v) is 8.57. The lowest BCUT2D eigenvalue weighted by Gasteiger charge is -2.22. The van der Waals surface area contributed by atoms with E-state index in [-0.39, 0.29) is 6.04 Å². The van der Waals surface area contributed by atoms with Crippen LogP contribution in [0.5, 0.6) is 5.75 Å². The second-order valence-corrected chi connectivity index (χ2v) is 6.11. The number of benzene rings is 3. The number of thiocarbonyl (C=S) groups is 1. The molecule has 0 aliphatic rings. The molecule has 1 N–H and O–H groups in total. The van der Waals surface area contributed by atoms with E-state index in [1.54, 1.807) is 7.11 Å². The number of hydrogen-bond donors (Lipinski definition) is 1. The minimum absolute atomic E-state index is 0.161. The summed E-state index contributed by atoms with van der Waals surface area (Å²) in [6.07, 6.45) is 0.948. The van der Waals surface area contributed by atoms with Crippen molar-refractivity contribution in [2.75, 3.05) is 7.11 Å². The van der Waals surface area contributed by atoms with Crippen LogP contribution >= 0.6 is 12.2 Å². The number of rotatable bonds is 5. The van der Waals surface area contributed by atoms with Crippen molar-refractivity contribution >= 4 is 28.0 Å². The summed E-state index contributed by atoms with van der Waals surface area (Å²) in [5.74, 6) is 0.794. The molecule has 122 valence electrons. The summed E-state index contributed by atoms with van der Waals surface area (Å²) in [6, 6.07) is 22.9. The zero-order valence-electron chi connectivity index (χ0n) is 14.0. The highest BCUT2D eigenvalue weighted by atomic mass is 32.1. The van der Waals surface area contributed by atoms with Gasteiger partial charge >= 0.3 is 0 Å². The van der Waals surface area contributed by atoms with Gasteiger partial charge in [-0.15, -0.1) is 0 Å². The maximum absolute atomic E-state index is 5.65. The van der Waals surface area contributed by atoms with Gasteiger partial charge in [0.15, 0.2) is 0 Å².